The van der Waals surface area contributed by atoms with Crippen LogP contribution in [0.5, 0.6) is 0 Å². The fourth-order valence-corrected chi connectivity index (χ4v) is 3.78. The molecule has 0 aliphatic heterocycles. The van der Waals surface area contributed by atoms with E-state index < -0.39 is 10.0 Å². The van der Waals surface area contributed by atoms with Gasteiger partial charge >= 0.3 is 0 Å². The molecule has 118 valence electrons. The first-order chi connectivity index (χ1) is 11.0. The number of hydrogen-bond acceptors (Lipinski definition) is 3. The summed E-state index contributed by atoms with van der Waals surface area (Å²) in [5, 5.41) is 4.10. The highest BCUT2D eigenvalue weighted by molar-refractivity contribution is 7.92. The Balaban J connectivity index is 2.03. The second kappa shape index (κ2) is 5.89. The van der Waals surface area contributed by atoms with E-state index in [1.165, 1.54) is 10.9 Å². The van der Waals surface area contributed by atoms with Crippen LogP contribution < -0.4 is 4.72 Å². The molecule has 0 spiro atoms. The molecule has 0 atom stereocenters. The lowest BCUT2D eigenvalue weighted by Crippen LogP contribution is -2.14. The Morgan fingerprint density at radius 2 is 1.65 bits per heavy atom. The van der Waals surface area contributed by atoms with Crippen LogP contribution in [0.3, 0.4) is 0 Å². The van der Waals surface area contributed by atoms with Crippen molar-refractivity contribution in [3.63, 3.8) is 0 Å². The molecule has 6 heteroatoms. The minimum absolute atomic E-state index is 0.183. The Hall–Kier alpha value is -2.60. The van der Waals surface area contributed by atoms with Crippen LogP contribution in [0.25, 0.3) is 11.1 Å². The average molecular weight is 327 g/mol. The maximum Gasteiger partial charge on any atom is 0.265 e. The normalized spacial score (nSPS) is 11.4. The highest BCUT2D eigenvalue weighted by Gasteiger charge is 2.21. The zero-order chi connectivity index (χ0) is 16.4. The molecule has 3 rings (SSSR count). The van der Waals surface area contributed by atoms with Gasteiger partial charge in [-0.15, -0.1) is 0 Å². The van der Waals surface area contributed by atoms with Crippen LogP contribution in [0, 0.1) is 6.92 Å². The molecular formula is C17H17N3O2S. The lowest BCUT2D eigenvalue weighted by molar-refractivity contribution is 0.600. The minimum Gasteiger partial charge on any atom is -0.279 e. The van der Waals surface area contributed by atoms with Gasteiger partial charge < -0.3 is 0 Å². The van der Waals surface area contributed by atoms with Gasteiger partial charge in [-0.25, -0.2) is 8.42 Å². The van der Waals surface area contributed by atoms with Crippen molar-refractivity contribution in [1.82, 2.24) is 9.78 Å². The topological polar surface area (TPSA) is 64.0 Å². The van der Waals surface area contributed by atoms with Gasteiger partial charge in [0.1, 0.15) is 4.90 Å². The van der Waals surface area contributed by atoms with Gasteiger partial charge in [0.05, 0.1) is 11.4 Å². The van der Waals surface area contributed by atoms with Crippen molar-refractivity contribution >= 4 is 15.7 Å². The van der Waals surface area contributed by atoms with E-state index in [9.17, 15) is 8.42 Å². The minimum atomic E-state index is -3.69. The number of hydrogen-bond donors (Lipinski definition) is 1. The van der Waals surface area contributed by atoms with Gasteiger partial charge in [-0.1, -0.05) is 48.5 Å². The molecule has 1 heterocycles. The number of anilines is 1. The number of rotatable bonds is 4. The standard InChI is InChI=1S/C17H17N3O2S/c1-13-17(12-20(2)18-13)23(21,22)19-16-11-7-6-10-15(16)14-8-4-3-5-9-14/h3-12,19H,1-2H3. The maximum absolute atomic E-state index is 12.7. The second-order valence-electron chi connectivity index (χ2n) is 5.27. The first-order valence-corrected chi connectivity index (χ1v) is 8.63. The van der Waals surface area contributed by atoms with Crippen molar-refractivity contribution in [3.8, 4) is 11.1 Å². The smallest absolute Gasteiger partial charge is 0.265 e. The fraction of sp³-hybridized carbons (Fsp3) is 0.118. The third-order valence-electron chi connectivity index (χ3n) is 3.51. The first kappa shape index (κ1) is 15.3. The van der Waals surface area contributed by atoms with Crippen molar-refractivity contribution in [2.45, 2.75) is 11.8 Å². The molecule has 0 fully saturated rings. The molecule has 1 aromatic heterocycles. The van der Waals surface area contributed by atoms with Crippen LogP contribution >= 0.6 is 0 Å². The molecule has 0 saturated carbocycles. The van der Waals surface area contributed by atoms with Crippen molar-refractivity contribution in [1.29, 1.82) is 0 Å². The Kier molecular flexibility index (Phi) is 3.92. The summed E-state index contributed by atoms with van der Waals surface area (Å²) in [5.74, 6) is 0. The van der Waals surface area contributed by atoms with Crippen molar-refractivity contribution < 1.29 is 8.42 Å². The van der Waals surface area contributed by atoms with E-state index in [0.29, 0.717) is 11.4 Å². The molecule has 0 bridgehead atoms. The summed E-state index contributed by atoms with van der Waals surface area (Å²) in [6.45, 7) is 1.68. The van der Waals surface area contributed by atoms with Gasteiger partial charge in [0.2, 0.25) is 0 Å². The Morgan fingerprint density at radius 3 is 2.30 bits per heavy atom. The van der Waals surface area contributed by atoms with E-state index in [1.54, 1.807) is 26.1 Å². The van der Waals surface area contributed by atoms with Crippen molar-refractivity contribution in [2.24, 2.45) is 7.05 Å². The van der Waals surface area contributed by atoms with Crippen LogP contribution in [-0.2, 0) is 17.1 Å². The number of para-hydroxylation sites is 1. The number of benzene rings is 2. The van der Waals surface area contributed by atoms with Gasteiger partial charge in [-0.2, -0.15) is 5.10 Å². The Labute approximate surface area is 135 Å². The summed E-state index contributed by atoms with van der Waals surface area (Å²) in [6, 6.07) is 17.0. The molecule has 0 saturated heterocycles. The van der Waals surface area contributed by atoms with E-state index >= 15 is 0 Å². The predicted octanol–water partition coefficient (Wildman–Crippen LogP) is 3.20. The molecular weight excluding hydrogens is 310 g/mol. The summed E-state index contributed by atoms with van der Waals surface area (Å²) < 4.78 is 29.5. The van der Waals surface area contributed by atoms with Crippen LogP contribution in [0.4, 0.5) is 5.69 Å². The number of nitrogens with one attached hydrogen (secondary N) is 1. The van der Waals surface area contributed by atoms with Gasteiger partial charge in [-0.05, 0) is 18.6 Å². The molecule has 1 N–H and O–H groups in total. The number of aryl methyl sites for hydroxylation is 2. The van der Waals surface area contributed by atoms with Crippen LogP contribution in [0.2, 0.25) is 0 Å². The van der Waals surface area contributed by atoms with Crippen LogP contribution in [0.15, 0.2) is 65.7 Å². The zero-order valence-corrected chi connectivity index (χ0v) is 13.7. The summed E-state index contributed by atoms with van der Waals surface area (Å²) >= 11 is 0. The molecule has 23 heavy (non-hydrogen) atoms. The summed E-state index contributed by atoms with van der Waals surface area (Å²) in [4.78, 5) is 0.183. The first-order valence-electron chi connectivity index (χ1n) is 7.15. The molecule has 3 aromatic rings. The summed E-state index contributed by atoms with van der Waals surface area (Å²) in [6.07, 6.45) is 1.50. The Morgan fingerprint density at radius 1 is 1.00 bits per heavy atom. The zero-order valence-electron chi connectivity index (χ0n) is 12.9. The van der Waals surface area contributed by atoms with Gasteiger partial charge in [0.25, 0.3) is 10.0 Å². The largest absolute Gasteiger partial charge is 0.279 e. The molecule has 0 amide bonds. The van der Waals surface area contributed by atoms with Crippen molar-refractivity contribution in [3.05, 3.63) is 66.5 Å². The van der Waals surface area contributed by atoms with Crippen LogP contribution in [0.1, 0.15) is 5.69 Å². The lowest BCUT2D eigenvalue weighted by Gasteiger charge is -2.12. The number of sulfonamides is 1. The van der Waals surface area contributed by atoms with Gasteiger partial charge in [-0.3, -0.25) is 9.40 Å². The summed E-state index contributed by atoms with van der Waals surface area (Å²) in [7, 11) is -1.99. The van der Waals surface area contributed by atoms with Gasteiger partial charge in [0.15, 0.2) is 0 Å². The number of nitrogens with zero attached hydrogens (tertiary/aromatic N) is 2. The van der Waals surface area contributed by atoms with E-state index in [0.717, 1.165) is 11.1 Å². The third kappa shape index (κ3) is 3.12. The fourth-order valence-electron chi connectivity index (χ4n) is 2.48. The third-order valence-corrected chi connectivity index (χ3v) is 4.98. The molecule has 0 unspecified atom stereocenters. The Bertz CT molecular complexity index is 931. The SMILES string of the molecule is Cc1nn(C)cc1S(=O)(=O)Nc1ccccc1-c1ccccc1. The highest BCUT2D eigenvalue weighted by atomic mass is 32.2. The molecule has 5 nitrogen and oxygen atoms in total. The van der Waals surface area contributed by atoms with E-state index in [-0.39, 0.29) is 4.90 Å². The molecule has 2 aromatic carbocycles. The van der Waals surface area contributed by atoms with Crippen molar-refractivity contribution in [2.75, 3.05) is 4.72 Å². The molecule has 0 radical (unpaired) electrons. The predicted molar refractivity (Wildman–Crippen MR) is 90.6 cm³/mol. The van der Waals surface area contributed by atoms with E-state index in [2.05, 4.69) is 9.82 Å². The van der Waals surface area contributed by atoms with Gasteiger partial charge in [0, 0.05) is 18.8 Å². The average Bonchev–Trinajstić information content (AvgIpc) is 2.88. The maximum atomic E-state index is 12.7. The molecule has 0 aliphatic rings. The monoisotopic (exact) mass is 327 g/mol. The van der Waals surface area contributed by atoms with E-state index in [1.807, 2.05) is 42.5 Å². The molecule has 0 aliphatic carbocycles. The lowest BCUT2D eigenvalue weighted by atomic mass is 10.0. The highest BCUT2D eigenvalue weighted by Crippen LogP contribution is 2.29. The summed E-state index contributed by atoms with van der Waals surface area (Å²) in [5.41, 5.74) is 2.80. The number of aromatic nitrogens is 2. The van der Waals surface area contributed by atoms with E-state index in [4.69, 9.17) is 0 Å². The van der Waals surface area contributed by atoms with Crippen LogP contribution in [-0.4, -0.2) is 18.2 Å². The second-order valence-corrected chi connectivity index (χ2v) is 6.92. The quantitative estimate of drug-likeness (QED) is 0.800.